The van der Waals surface area contributed by atoms with Gasteiger partial charge in [-0.1, -0.05) is 12.1 Å². The molecule has 0 saturated carbocycles. The van der Waals surface area contributed by atoms with Crippen LogP contribution in [0.3, 0.4) is 0 Å². The lowest BCUT2D eigenvalue weighted by Crippen LogP contribution is -2.47. The van der Waals surface area contributed by atoms with Gasteiger partial charge in [-0.3, -0.25) is 0 Å². The summed E-state index contributed by atoms with van der Waals surface area (Å²) in [5.74, 6) is -2.87. The van der Waals surface area contributed by atoms with Crippen LogP contribution in [0.25, 0.3) is 0 Å². The highest BCUT2D eigenvalue weighted by molar-refractivity contribution is 6.15. The average molecular weight is 508 g/mol. The summed E-state index contributed by atoms with van der Waals surface area (Å²) in [5, 5.41) is 2.66. The van der Waals surface area contributed by atoms with Crippen molar-refractivity contribution in [3.63, 3.8) is 0 Å². The number of urea groups is 1. The molecule has 2 heterocycles. The summed E-state index contributed by atoms with van der Waals surface area (Å²) in [4.78, 5) is 73.5. The molecule has 0 fully saturated rings. The highest BCUT2D eigenvalue weighted by Crippen LogP contribution is 2.23. The van der Waals surface area contributed by atoms with Crippen LogP contribution in [0.1, 0.15) is 73.3 Å². The van der Waals surface area contributed by atoms with Gasteiger partial charge in [-0.15, -0.1) is 0 Å². The van der Waals surface area contributed by atoms with Crippen LogP contribution in [-0.2, 0) is 27.1 Å². The van der Waals surface area contributed by atoms with Crippen LogP contribution in [0.15, 0.2) is 36.4 Å². The summed E-state index contributed by atoms with van der Waals surface area (Å²) in [6, 6.07) is 8.57. The van der Waals surface area contributed by atoms with Crippen LogP contribution in [0.2, 0.25) is 0 Å². The van der Waals surface area contributed by atoms with E-state index in [1.54, 1.807) is 32.9 Å². The van der Waals surface area contributed by atoms with Crippen molar-refractivity contribution in [2.75, 3.05) is 13.1 Å². The number of hydrogen-bond donors (Lipinski definition) is 1. The molecular formula is C26H24N2O9. The van der Waals surface area contributed by atoms with Crippen molar-refractivity contribution in [2.45, 2.75) is 39.2 Å². The number of amides is 3. The second-order valence-electron chi connectivity index (χ2n) is 9.48. The summed E-state index contributed by atoms with van der Waals surface area (Å²) in [5.41, 5.74) is 1.13. The number of benzene rings is 2. The van der Waals surface area contributed by atoms with Gasteiger partial charge >= 0.3 is 36.0 Å². The predicted octanol–water partition coefficient (Wildman–Crippen LogP) is 3.04. The third-order valence-corrected chi connectivity index (χ3v) is 5.59. The molecule has 37 heavy (non-hydrogen) atoms. The first-order valence-corrected chi connectivity index (χ1v) is 11.5. The predicted molar refractivity (Wildman–Crippen MR) is 126 cm³/mol. The third-order valence-electron chi connectivity index (χ3n) is 5.59. The number of fused-ring (bicyclic) bond motifs is 2. The van der Waals surface area contributed by atoms with Crippen molar-refractivity contribution in [1.82, 2.24) is 10.2 Å². The van der Waals surface area contributed by atoms with Crippen molar-refractivity contribution in [2.24, 2.45) is 0 Å². The number of hydrogen-bond acceptors (Lipinski definition) is 9. The van der Waals surface area contributed by atoms with Crippen molar-refractivity contribution < 1.29 is 43.0 Å². The summed E-state index contributed by atoms with van der Waals surface area (Å²) < 4.78 is 14.5. The number of nitrogens with one attached hydrogen (secondary N) is 1. The summed E-state index contributed by atoms with van der Waals surface area (Å²) in [6.07, 6.45) is -0.328. The van der Waals surface area contributed by atoms with Gasteiger partial charge < -0.3 is 19.5 Å². The highest BCUT2D eigenvalue weighted by atomic mass is 16.6. The van der Waals surface area contributed by atoms with Crippen molar-refractivity contribution >= 4 is 36.0 Å². The van der Waals surface area contributed by atoms with Gasteiger partial charge in [0.2, 0.25) is 0 Å². The standard InChI is InChI=1S/C26H24N2O9/c1-26(2,3)37-25(34)28(11-9-15-5-7-17-19(13-15)23(32)36-21(17)30)24(33)27-10-8-14-4-6-16-18(12-14)22(31)35-20(16)29/h4-7,12-13H,8-11H2,1-3H3,(H,27,33). The maximum atomic E-state index is 12.9. The lowest BCUT2D eigenvalue weighted by Gasteiger charge is -2.26. The minimum absolute atomic E-state index is 0.0602. The fourth-order valence-corrected chi connectivity index (χ4v) is 3.82. The molecular weight excluding hydrogens is 484 g/mol. The fourth-order valence-electron chi connectivity index (χ4n) is 3.82. The molecule has 0 bridgehead atoms. The molecule has 2 aliphatic heterocycles. The quantitative estimate of drug-likeness (QED) is 0.353. The maximum absolute atomic E-state index is 12.9. The monoisotopic (exact) mass is 508 g/mol. The second-order valence-corrected chi connectivity index (χ2v) is 9.48. The van der Waals surface area contributed by atoms with Crippen LogP contribution in [0.4, 0.5) is 9.59 Å². The van der Waals surface area contributed by atoms with Gasteiger partial charge in [-0.25, -0.2) is 33.7 Å². The highest BCUT2D eigenvalue weighted by Gasteiger charge is 2.31. The molecule has 0 aliphatic carbocycles. The molecule has 2 aromatic rings. The lowest BCUT2D eigenvalue weighted by molar-refractivity contribution is 0.0319. The van der Waals surface area contributed by atoms with Gasteiger partial charge in [-0.2, -0.15) is 0 Å². The molecule has 3 amide bonds. The Balaban J connectivity index is 1.41. The van der Waals surface area contributed by atoms with Crippen LogP contribution in [-0.4, -0.2) is 59.6 Å². The zero-order valence-electron chi connectivity index (χ0n) is 20.4. The zero-order valence-corrected chi connectivity index (χ0v) is 20.4. The van der Waals surface area contributed by atoms with E-state index in [-0.39, 0.29) is 41.8 Å². The minimum Gasteiger partial charge on any atom is -0.443 e. The van der Waals surface area contributed by atoms with E-state index in [4.69, 9.17) is 4.74 Å². The molecule has 0 spiro atoms. The Morgan fingerprint density at radius 2 is 1.27 bits per heavy atom. The first kappa shape index (κ1) is 25.5. The maximum Gasteiger partial charge on any atom is 0.418 e. The molecule has 1 N–H and O–H groups in total. The van der Waals surface area contributed by atoms with Crippen molar-refractivity contribution in [1.29, 1.82) is 0 Å². The van der Waals surface area contributed by atoms with Gasteiger partial charge in [0.05, 0.1) is 22.3 Å². The van der Waals surface area contributed by atoms with E-state index in [9.17, 15) is 28.8 Å². The first-order chi connectivity index (χ1) is 17.4. The minimum atomic E-state index is -0.848. The average Bonchev–Trinajstić information content (AvgIpc) is 3.26. The van der Waals surface area contributed by atoms with E-state index < -0.39 is 41.6 Å². The van der Waals surface area contributed by atoms with Gasteiger partial charge in [0.1, 0.15) is 5.60 Å². The topological polar surface area (TPSA) is 145 Å². The second kappa shape index (κ2) is 9.84. The molecule has 0 aromatic heterocycles. The smallest absolute Gasteiger partial charge is 0.418 e. The van der Waals surface area contributed by atoms with E-state index in [1.165, 1.54) is 24.3 Å². The number of imide groups is 1. The molecule has 0 unspecified atom stereocenters. The summed E-state index contributed by atoms with van der Waals surface area (Å²) >= 11 is 0. The van der Waals surface area contributed by atoms with Crippen LogP contribution in [0.5, 0.6) is 0 Å². The normalized spacial score (nSPS) is 14.0. The molecule has 11 nitrogen and oxygen atoms in total. The fraction of sp³-hybridized carbons (Fsp3) is 0.308. The molecule has 0 saturated heterocycles. The van der Waals surface area contributed by atoms with E-state index >= 15 is 0 Å². The number of esters is 4. The van der Waals surface area contributed by atoms with Crippen LogP contribution >= 0.6 is 0 Å². The molecule has 0 atom stereocenters. The van der Waals surface area contributed by atoms with Gasteiger partial charge in [-0.05, 0) is 69.0 Å². The Bertz CT molecular complexity index is 1340. The van der Waals surface area contributed by atoms with E-state index in [0.717, 1.165) is 4.90 Å². The van der Waals surface area contributed by atoms with Crippen LogP contribution in [0, 0.1) is 0 Å². The van der Waals surface area contributed by atoms with Crippen LogP contribution < -0.4 is 5.32 Å². The van der Waals surface area contributed by atoms with Gasteiger partial charge in [0.25, 0.3) is 0 Å². The molecule has 11 heteroatoms. The number of carbonyl (C=O) groups is 6. The van der Waals surface area contributed by atoms with E-state index in [0.29, 0.717) is 17.5 Å². The summed E-state index contributed by atoms with van der Waals surface area (Å²) in [6.45, 7) is 5.09. The number of carbonyl (C=O) groups excluding carboxylic acids is 6. The van der Waals surface area contributed by atoms with Crippen molar-refractivity contribution in [3.8, 4) is 0 Å². The number of rotatable bonds is 6. The SMILES string of the molecule is CC(C)(C)OC(=O)N(CCc1ccc2c(c1)C(=O)OC2=O)C(=O)NCCc1ccc2c(c1)C(=O)OC2=O. The Labute approximate surface area is 211 Å². The summed E-state index contributed by atoms with van der Waals surface area (Å²) in [7, 11) is 0. The van der Waals surface area contributed by atoms with Crippen molar-refractivity contribution in [3.05, 3.63) is 69.8 Å². The Morgan fingerprint density at radius 3 is 1.78 bits per heavy atom. The lowest BCUT2D eigenvalue weighted by atomic mass is 10.0. The molecule has 2 aromatic carbocycles. The number of cyclic esters (lactones) is 4. The molecule has 4 rings (SSSR count). The third kappa shape index (κ3) is 5.66. The Morgan fingerprint density at radius 1 is 0.784 bits per heavy atom. The van der Waals surface area contributed by atoms with E-state index in [2.05, 4.69) is 14.8 Å². The number of ether oxygens (including phenoxy) is 3. The largest absolute Gasteiger partial charge is 0.443 e. The van der Waals surface area contributed by atoms with Gasteiger partial charge in [0, 0.05) is 13.1 Å². The molecule has 2 aliphatic rings. The Kier molecular flexibility index (Phi) is 6.80. The first-order valence-electron chi connectivity index (χ1n) is 11.5. The van der Waals surface area contributed by atoms with Gasteiger partial charge in [0.15, 0.2) is 0 Å². The Hall–Kier alpha value is -4.54. The number of nitrogens with zero attached hydrogens (tertiary/aromatic N) is 1. The van der Waals surface area contributed by atoms with E-state index in [1.807, 2.05) is 0 Å². The zero-order chi connectivity index (χ0) is 26.9. The molecule has 0 radical (unpaired) electrons. The molecule has 192 valence electrons.